The van der Waals surface area contributed by atoms with E-state index in [1.165, 1.54) is 23.1 Å². The van der Waals surface area contributed by atoms with Crippen LogP contribution in [-0.2, 0) is 19.1 Å². The predicted octanol–water partition coefficient (Wildman–Crippen LogP) is 3.27. The monoisotopic (exact) mass is 582 g/mol. The first-order valence-electron chi connectivity index (χ1n) is 13.4. The Labute approximate surface area is 242 Å². The molecule has 0 aliphatic carbocycles. The molecule has 0 unspecified atom stereocenters. The highest BCUT2D eigenvalue weighted by Gasteiger charge is 2.29. The second-order valence-electron chi connectivity index (χ2n) is 9.33. The number of benzene rings is 1. The molecule has 0 aliphatic rings. The third-order valence-electron chi connectivity index (χ3n) is 6.18. The Balaban J connectivity index is 2.07. The summed E-state index contributed by atoms with van der Waals surface area (Å²) < 4.78 is 11.5. The molecule has 224 valence electrons. The Hall–Kier alpha value is -5.01. The maximum atomic E-state index is 13.6. The largest absolute Gasteiger partial charge is 0.481 e. The Morgan fingerprint density at radius 1 is 0.976 bits per heavy atom. The van der Waals surface area contributed by atoms with Crippen molar-refractivity contribution in [3.05, 3.63) is 53.0 Å². The van der Waals surface area contributed by atoms with Gasteiger partial charge in [-0.2, -0.15) is 5.10 Å². The number of hydrogen-bond acceptors (Lipinski definition) is 9. The normalized spacial score (nSPS) is 10.7. The average molecular weight is 583 g/mol. The van der Waals surface area contributed by atoms with Crippen LogP contribution in [-0.4, -0.2) is 69.4 Å². The molecule has 0 aliphatic heterocycles. The maximum Gasteiger partial charge on any atom is 0.423 e. The third-order valence-corrected chi connectivity index (χ3v) is 6.18. The van der Waals surface area contributed by atoms with E-state index >= 15 is 0 Å². The predicted molar refractivity (Wildman–Crippen MR) is 151 cm³/mol. The number of rotatable bonds is 13. The van der Waals surface area contributed by atoms with Gasteiger partial charge >= 0.3 is 18.0 Å². The number of aromatic nitrogens is 3. The zero-order valence-electron chi connectivity index (χ0n) is 23.9. The number of esters is 1. The van der Waals surface area contributed by atoms with Crippen molar-refractivity contribution in [1.82, 2.24) is 25.2 Å². The summed E-state index contributed by atoms with van der Waals surface area (Å²) in [6.45, 7) is 7.40. The van der Waals surface area contributed by atoms with Crippen LogP contribution in [0.5, 0.6) is 0 Å². The number of aliphatic carboxylic acids is 1. The van der Waals surface area contributed by atoms with Gasteiger partial charge in [0, 0.05) is 24.8 Å². The van der Waals surface area contributed by atoms with Crippen LogP contribution < -0.4 is 15.5 Å². The molecule has 2 heterocycles. The summed E-state index contributed by atoms with van der Waals surface area (Å²) in [5.74, 6) is -2.66. The van der Waals surface area contributed by atoms with Crippen LogP contribution in [0.15, 0.2) is 30.7 Å². The van der Waals surface area contributed by atoms with E-state index in [9.17, 15) is 24.0 Å². The molecule has 14 nitrogen and oxygen atoms in total. The van der Waals surface area contributed by atoms with E-state index in [0.717, 1.165) is 17.7 Å². The molecule has 3 amide bonds. The van der Waals surface area contributed by atoms with E-state index in [-0.39, 0.29) is 28.9 Å². The van der Waals surface area contributed by atoms with Crippen LogP contribution in [0, 0.1) is 13.8 Å². The number of carbonyl (C=O) groups excluding carboxylic acids is 4. The molecule has 0 bridgehead atoms. The summed E-state index contributed by atoms with van der Waals surface area (Å²) in [5.41, 5.74) is 2.26. The molecule has 2 aromatic heterocycles. The van der Waals surface area contributed by atoms with E-state index in [2.05, 4.69) is 20.7 Å². The van der Waals surface area contributed by atoms with Gasteiger partial charge < -0.3 is 25.2 Å². The Morgan fingerprint density at radius 2 is 1.67 bits per heavy atom. The molecule has 14 heteroatoms. The second kappa shape index (κ2) is 14.6. The molecular weight excluding hydrogens is 548 g/mol. The van der Waals surface area contributed by atoms with Gasteiger partial charge in [0.1, 0.15) is 11.8 Å². The minimum absolute atomic E-state index is 0.0495. The van der Waals surface area contributed by atoms with Crippen molar-refractivity contribution in [2.24, 2.45) is 0 Å². The number of fused-ring (bicyclic) bond motifs is 1. The van der Waals surface area contributed by atoms with Gasteiger partial charge in [0.15, 0.2) is 5.82 Å². The molecular formula is C28H34N6O8. The number of aryl methyl sites for hydroxylation is 2. The van der Waals surface area contributed by atoms with Crippen molar-refractivity contribution in [2.75, 3.05) is 24.8 Å². The Morgan fingerprint density at radius 3 is 2.33 bits per heavy atom. The number of ether oxygens (including phenoxy) is 2. The SMILES string of the molecule is CCCNC(=O)c1ccc(C)c(N(C(=O)OCOC(=O)CCC(=O)O)c2ncnn3cc(C(=O)NCCC)c(C)c23)c1. The van der Waals surface area contributed by atoms with Gasteiger partial charge in [-0.25, -0.2) is 19.2 Å². The van der Waals surface area contributed by atoms with Crippen LogP contribution in [0.1, 0.15) is 71.4 Å². The quantitative estimate of drug-likeness (QED) is 0.200. The summed E-state index contributed by atoms with van der Waals surface area (Å²) in [5, 5.41) is 18.6. The van der Waals surface area contributed by atoms with E-state index in [4.69, 9.17) is 14.6 Å². The summed E-state index contributed by atoms with van der Waals surface area (Å²) in [7, 11) is 0. The average Bonchev–Trinajstić information content (AvgIpc) is 3.31. The Kier molecular flexibility index (Phi) is 10.9. The molecule has 1 aromatic carbocycles. The van der Waals surface area contributed by atoms with Crippen molar-refractivity contribution in [3.8, 4) is 0 Å². The van der Waals surface area contributed by atoms with Crippen molar-refractivity contribution in [1.29, 1.82) is 0 Å². The van der Waals surface area contributed by atoms with Crippen molar-refractivity contribution >= 4 is 46.9 Å². The van der Waals surface area contributed by atoms with Crippen LogP contribution in [0.25, 0.3) is 5.52 Å². The van der Waals surface area contributed by atoms with Crippen LogP contribution >= 0.6 is 0 Å². The Bertz CT molecular complexity index is 1480. The third kappa shape index (κ3) is 7.59. The molecule has 0 radical (unpaired) electrons. The fourth-order valence-corrected chi connectivity index (χ4v) is 3.99. The van der Waals surface area contributed by atoms with Gasteiger partial charge in [-0.1, -0.05) is 19.9 Å². The lowest BCUT2D eigenvalue weighted by Crippen LogP contribution is -2.31. The lowest BCUT2D eigenvalue weighted by atomic mass is 10.1. The highest BCUT2D eigenvalue weighted by atomic mass is 16.7. The van der Waals surface area contributed by atoms with Gasteiger partial charge in [0.05, 0.1) is 24.1 Å². The molecule has 42 heavy (non-hydrogen) atoms. The van der Waals surface area contributed by atoms with Crippen LogP contribution in [0.2, 0.25) is 0 Å². The summed E-state index contributed by atoms with van der Waals surface area (Å²) in [6, 6.07) is 4.79. The molecule has 3 N–H and O–H groups in total. The number of anilines is 2. The van der Waals surface area contributed by atoms with Gasteiger partial charge in [-0.15, -0.1) is 0 Å². The topological polar surface area (TPSA) is 182 Å². The number of carboxylic acids is 1. The lowest BCUT2D eigenvalue weighted by molar-refractivity contribution is -0.154. The van der Waals surface area contributed by atoms with Gasteiger partial charge in [0.2, 0.25) is 6.79 Å². The smallest absolute Gasteiger partial charge is 0.423 e. The van der Waals surface area contributed by atoms with Crippen molar-refractivity contribution in [3.63, 3.8) is 0 Å². The van der Waals surface area contributed by atoms with Crippen LogP contribution in [0.3, 0.4) is 0 Å². The summed E-state index contributed by atoms with van der Waals surface area (Å²) in [6.07, 6.45) is 2.35. The van der Waals surface area contributed by atoms with Gasteiger partial charge in [-0.05, 0) is 49.9 Å². The van der Waals surface area contributed by atoms with E-state index < -0.39 is 37.7 Å². The zero-order valence-corrected chi connectivity index (χ0v) is 23.9. The molecule has 3 rings (SSSR count). The van der Waals surface area contributed by atoms with Crippen molar-refractivity contribution < 1.29 is 38.6 Å². The lowest BCUT2D eigenvalue weighted by Gasteiger charge is -2.24. The molecule has 0 saturated carbocycles. The molecule has 0 atom stereocenters. The van der Waals surface area contributed by atoms with Crippen molar-refractivity contribution in [2.45, 2.75) is 53.4 Å². The highest BCUT2D eigenvalue weighted by Crippen LogP contribution is 2.34. The molecule has 0 saturated heterocycles. The number of hydrogen-bond donors (Lipinski definition) is 3. The number of amides is 3. The summed E-state index contributed by atoms with van der Waals surface area (Å²) >= 11 is 0. The molecule has 3 aromatic rings. The zero-order chi connectivity index (χ0) is 30.8. The van der Waals surface area contributed by atoms with Crippen LogP contribution in [0.4, 0.5) is 16.3 Å². The fraction of sp³-hybridized carbons (Fsp3) is 0.393. The first kappa shape index (κ1) is 31.5. The first-order valence-corrected chi connectivity index (χ1v) is 13.4. The second-order valence-corrected chi connectivity index (χ2v) is 9.33. The number of carboxylic acid groups (broad SMARTS) is 1. The van der Waals surface area contributed by atoms with E-state index in [1.807, 2.05) is 13.8 Å². The fourth-order valence-electron chi connectivity index (χ4n) is 3.99. The number of carbonyl (C=O) groups is 5. The minimum atomic E-state index is -1.17. The highest BCUT2D eigenvalue weighted by molar-refractivity contribution is 6.05. The van der Waals surface area contributed by atoms with E-state index in [1.54, 1.807) is 26.0 Å². The van der Waals surface area contributed by atoms with Gasteiger partial charge in [-0.3, -0.25) is 19.2 Å². The number of nitrogens with one attached hydrogen (secondary N) is 2. The minimum Gasteiger partial charge on any atom is -0.481 e. The summed E-state index contributed by atoms with van der Waals surface area (Å²) in [4.78, 5) is 67.2. The van der Waals surface area contributed by atoms with E-state index in [0.29, 0.717) is 35.3 Å². The maximum absolute atomic E-state index is 13.6. The van der Waals surface area contributed by atoms with Gasteiger partial charge in [0.25, 0.3) is 11.8 Å². The first-order chi connectivity index (χ1) is 20.1. The standard InChI is InChI=1S/C28H34N6O8/c1-5-11-29-26(38)19-8-7-17(3)21(13-19)34(28(40)42-16-41-23(37)10-9-22(35)36)25-24-18(4)20(27(39)30-12-6-2)14-33(24)32-15-31-25/h7-8,13-15H,5-6,9-12,16H2,1-4H3,(H,29,38)(H,30,39)(H,35,36). The molecule has 0 fully saturated rings. The number of nitrogens with zero attached hydrogens (tertiary/aromatic N) is 4. The molecule has 0 spiro atoms.